The lowest BCUT2D eigenvalue weighted by molar-refractivity contribution is 0.0383. The normalized spacial score (nSPS) is 14.9. The van der Waals surface area contributed by atoms with Crippen molar-refractivity contribution in [1.82, 2.24) is 25.2 Å². The standard InChI is InChI=1S/C17H22N6O2/c24-17(19-5-6-23-7-9-25-10-8-23)15-11-16(22-13-21-15)20-12-14-1-3-18-4-2-14/h1-4,11,13H,5-10,12H2,(H,19,24)(H,20,21,22). The van der Waals surface area contributed by atoms with Crippen LogP contribution in [0, 0.1) is 0 Å². The Labute approximate surface area is 146 Å². The van der Waals surface area contributed by atoms with Crippen LogP contribution in [0.15, 0.2) is 36.9 Å². The monoisotopic (exact) mass is 342 g/mol. The third-order valence-corrected chi connectivity index (χ3v) is 3.94. The molecule has 2 N–H and O–H groups in total. The van der Waals surface area contributed by atoms with Crippen molar-refractivity contribution in [3.8, 4) is 0 Å². The smallest absolute Gasteiger partial charge is 0.270 e. The van der Waals surface area contributed by atoms with Crippen LogP contribution in [0.3, 0.4) is 0 Å². The van der Waals surface area contributed by atoms with Crippen LogP contribution in [0.4, 0.5) is 5.82 Å². The van der Waals surface area contributed by atoms with Crippen molar-refractivity contribution in [3.05, 3.63) is 48.2 Å². The number of nitrogens with one attached hydrogen (secondary N) is 2. The number of rotatable bonds is 7. The lowest BCUT2D eigenvalue weighted by atomic mass is 10.2. The van der Waals surface area contributed by atoms with Gasteiger partial charge in [0.15, 0.2) is 0 Å². The molecule has 2 aromatic heterocycles. The summed E-state index contributed by atoms with van der Waals surface area (Å²) in [5.41, 5.74) is 1.44. The molecule has 0 spiro atoms. The number of ether oxygens (including phenoxy) is 1. The lowest BCUT2D eigenvalue weighted by Crippen LogP contribution is -2.41. The minimum absolute atomic E-state index is 0.192. The van der Waals surface area contributed by atoms with Gasteiger partial charge < -0.3 is 15.4 Å². The highest BCUT2D eigenvalue weighted by Crippen LogP contribution is 2.06. The maximum absolute atomic E-state index is 12.2. The van der Waals surface area contributed by atoms with Crippen LogP contribution in [-0.4, -0.2) is 65.2 Å². The second-order valence-electron chi connectivity index (χ2n) is 5.71. The topological polar surface area (TPSA) is 92.3 Å². The highest BCUT2D eigenvalue weighted by Gasteiger charge is 2.12. The summed E-state index contributed by atoms with van der Waals surface area (Å²) in [6.45, 7) is 5.34. The molecule has 0 aromatic carbocycles. The Morgan fingerprint density at radius 3 is 2.80 bits per heavy atom. The SMILES string of the molecule is O=C(NCCN1CCOCC1)c1cc(NCc2ccncc2)ncn1. The Balaban J connectivity index is 1.47. The number of carbonyl (C=O) groups is 1. The summed E-state index contributed by atoms with van der Waals surface area (Å²) < 4.78 is 5.31. The molecule has 0 bridgehead atoms. The van der Waals surface area contributed by atoms with E-state index in [9.17, 15) is 4.79 Å². The van der Waals surface area contributed by atoms with Crippen molar-refractivity contribution in [3.63, 3.8) is 0 Å². The second-order valence-corrected chi connectivity index (χ2v) is 5.71. The van der Waals surface area contributed by atoms with Gasteiger partial charge in [-0.3, -0.25) is 14.7 Å². The first kappa shape index (κ1) is 17.2. The number of carbonyl (C=O) groups excluding carboxylic acids is 1. The first-order chi connectivity index (χ1) is 12.3. The van der Waals surface area contributed by atoms with Crippen molar-refractivity contribution in [1.29, 1.82) is 0 Å². The molecule has 0 aliphatic carbocycles. The van der Waals surface area contributed by atoms with Crippen molar-refractivity contribution in [2.24, 2.45) is 0 Å². The molecule has 1 amide bonds. The molecule has 0 unspecified atom stereocenters. The zero-order valence-corrected chi connectivity index (χ0v) is 14.0. The number of pyridine rings is 1. The van der Waals surface area contributed by atoms with Crippen LogP contribution in [0.25, 0.3) is 0 Å². The van der Waals surface area contributed by atoms with Crippen LogP contribution >= 0.6 is 0 Å². The fourth-order valence-corrected chi connectivity index (χ4v) is 2.51. The molecular weight excluding hydrogens is 320 g/mol. The Morgan fingerprint density at radius 2 is 2.00 bits per heavy atom. The van der Waals surface area contributed by atoms with Crippen molar-refractivity contribution in [2.75, 3.05) is 44.7 Å². The minimum Gasteiger partial charge on any atom is -0.379 e. The van der Waals surface area contributed by atoms with Crippen LogP contribution < -0.4 is 10.6 Å². The summed E-state index contributed by atoms with van der Waals surface area (Å²) in [6, 6.07) is 5.51. The molecule has 2 aromatic rings. The van der Waals surface area contributed by atoms with Gasteiger partial charge >= 0.3 is 0 Å². The van der Waals surface area contributed by atoms with Gasteiger partial charge in [0.05, 0.1) is 13.2 Å². The third-order valence-electron chi connectivity index (χ3n) is 3.94. The van der Waals surface area contributed by atoms with Crippen molar-refractivity contribution < 1.29 is 9.53 Å². The van der Waals surface area contributed by atoms with E-state index in [0.29, 0.717) is 24.6 Å². The summed E-state index contributed by atoms with van der Waals surface area (Å²) >= 11 is 0. The fraction of sp³-hybridized carbons (Fsp3) is 0.412. The summed E-state index contributed by atoms with van der Waals surface area (Å²) in [7, 11) is 0. The van der Waals surface area contributed by atoms with E-state index in [1.165, 1.54) is 6.33 Å². The predicted molar refractivity (Wildman–Crippen MR) is 93.2 cm³/mol. The largest absolute Gasteiger partial charge is 0.379 e. The molecule has 132 valence electrons. The van der Waals surface area contributed by atoms with Gasteiger partial charge in [-0.2, -0.15) is 0 Å². The van der Waals surface area contributed by atoms with Gasteiger partial charge in [-0.25, -0.2) is 9.97 Å². The molecule has 8 nitrogen and oxygen atoms in total. The molecule has 0 atom stereocenters. The summed E-state index contributed by atoms with van der Waals surface area (Å²) in [6.07, 6.45) is 4.88. The molecule has 8 heteroatoms. The number of hydrogen-bond donors (Lipinski definition) is 2. The van der Waals surface area contributed by atoms with Gasteiger partial charge in [-0.05, 0) is 17.7 Å². The van der Waals surface area contributed by atoms with E-state index in [2.05, 4.69) is 30.5 Å². The third kappa shape index (κ3) is 5.47. The summed E-state index contributed by atoms with van der Waals surface area (Å²) in [5.74, 6) is 0.424. The molecule has 25 heavy (non-hydrogen) atoms. The van der Waals surface area contributed by atoms with E-state index in [4.69, 9.17) is 4.74 Å². The van der Waals surface area contributed by atoms with Gasteiger partial charge in [0, 0.05) is 51.2 Å². The van der Waals surface area contributed by atoms with Crippen LogP contribution in [0.1, 0.15) is 16.1 Å². The number of hydrogen-bond acceptors (Lipinski definition) is 7. The number of nitrogens with zero attached hydrogens (tertiary/aromatic N) is 4. The van der Waals surface area contributed by atoms with Gasteiger partial charge in [0.25, 0.3) is 5.91 Å². The summed E-state index contributed by atoms with van der Waals surface area (Å²) in [5, 5.41) is 6.08. The lowest BCUT2D eigenvalue weighted by Gasteiger charge is -2.26. The molecule has 1 fully saturated rings. The fourth-order valence-electron chi connectivity index (χ4n) is 2.51. The quantitative estimate of drug-likeness (QED) is 0.759. The van der Waals surface area contributed by atoms with E-state index in [1.807, 2.05) is 12.1 Å². The zero-order chi connectivity index (χ0) is 17.3. The average Bonchev–Trinajstić information content (AvgIpc) is 2.68. The van der Waals surface area contributed by atoms with Crippen molar-refractivity contribution in [2.45, 2.75) is 6.54 Å². The first-order valence-electron chi connectivity index (χ1n) is 8.34. The van der Waals surface area contributed by atoms with E-state index >= 15 is 0 Å². The van der Waals surface area contributed by atoms with E-state index in [1.54, 1.807) is 18.5 Å². The number of anilines is 1. The van der Waals surface area contributed by atoms with Crippen LogP contribution in [-0.2, 0) is 11.3 Å². The van der Waals surface area contributed by atoms with Gasteiger partial charge in [-0.15, -0.1) is 0 Å². The Hall–Kier alpha value is -2.58. The van der Waals surface area contributed by atoms with Gasteiger partial charge in [0.1, 0.15) is 17.8 Å². The van der Waals surface area contributed by atoms with Gasteiger partial charge in [-0.1, -0.05) is 0 Å². The van der Waals surface area contributed by atoms with E-state index < -0.39 is 0 Å². The highest BCUT2D eigenvalue weighted by atomic mass is 16.5. The molecule has 0 saturated carbocycles. The van der Waals surface area contributed by atoms with E-state index in [-0.39, 0.29) is 5.91 Å². The number of morpholine rings is 1. The summed E-state index contributed by atoms with van der Waals surface area (Å²) in [4.78, 5) is 26.7. The average molecular weight is 342 g/mol. The first-order valence-corrected chi connectivity index (χ1v) is 8.34. The maximum atomic E-state index is 12.2. The molecule has 1 aliphatic heterocycles. The van der Waals surface area contributed by atoms with E-state index in [0.717, 1.165) is 38.4 Å². The maximum Gasteiger partial charge on any atom is 0.270 e. The molecule has 0 radical (unpaired) electrons. The zero-order valence-electron chi connectivity index (χ0n) is 14.0. The van der Waals surface area contributed by atoms with Gasteiger partial charge in [0.2, 0.25) is 0 Å². The molecule has 1 saturated heterocycles. The Bertz CT molecular complexity index is 676. The van der Waals surface area contributed by atoms with Crippen LogP contribution in [0.5, 0.6) is 0 Å². The Morgan fingerprint density at radius 1 is 1.20 bits per heavy atom. The second kappa shape index (κ2) is 9.05. The Kier molecular flexibility index (Phi) is 6.24. The molecule has 3 rings (SSSR count). The minimum atomic E-state index is -0.192. The molecular formula is C17H22N6O2. The van der Waals surface area contributed by atoms with Crippen molar-refractivity contribution >= 4 is 11.7 Å². The molecule has 1 aliphatic rings. The molecule has 3 heterocycles. The number of aromatic nitrogens is 3. The number of amides is 1. The predicted octanol–water partition coefficient (Wildman–Crippen LogP) is 0.546. The van der Waals surface area contributed by atoms with Crippen LogP contribution in [0.2, 0.25) is 0 Å². The highest BCUT2D eigenvalue weighted by molar-refractivity contribution is 5.92.